The molecule has 0 unspecified atom stereocenters. The van der Waals surface area contributed by atoms with Crippen molar-refractivity contribution in [2.24, 2.45) is 11.7 Å². The van der Waals surface area contributed by atoms with Gasteiger partial charge in [-0.3, -0.25) is 9.59 Å². The van der Waals surface area contributed by atoms with E-state index in [1.807, 2.05) is 24.3 Å². The van der Waals surface area contributed by atoms with Crippen LogP contribution >= 0.6 is 11.6 Å². The van der Waals surface area contributed by atoms with Gasteiger partial charge >= 0.3 is 0 Å². The van der Waals surface area contributed by atoms with Gasteiger partial charge in [-0.25, -0.2) is 0 Å². The van der Waals surface area contributed by atoms with Crippen LogP contribution in [-0.2, 0) is 11.2 Å². The number of carbonyl (C=O) groups is 2. The number of amides is 1. The number of nitrogens with two attached hydrogens (primary N) is 1. The summed E-state index contributed by atoms with van der Waals surface area (Å²) in [6.45, 7) is 8.77. The van der Waals surface area contributed by atoms with Gasteiger partial charge < -0.3 is 15.8 Å². The smallest absolute Gasteiger partial charge is 0.217 e. The van der Waals surface area contributed by atoms with Gasteiger partial charge in [-0.1, -0.05) is 23.7 Å². The van der Waals surface area contributed by atoms with Crippen LogP contribution in [0.1, 0.15) is 69.3 Å². The lowest BCUT2D eigenvalue weighted by Crippen LogP contribution is -2.57. The fourth-order valence-corrected chi connectivity index (χ4v) is 5.19. The molecule has 2 aromatic rings. The van der Waals surface area contributed by atoms with E-state index < -0.39 is 0 Å². The number of hydrogen-bond donors (Lipinski definition) is 2. The van der Waals surface area contributed by atoms with Gasteiger partial charge in [-0.05, 0) is 88.8 Å². The second-order valence-corrected chi connectivity index (χ2v) is 10.6. The first-order valence-electron chi connectivity index (χ1n) is 11.1. The first-order valence-corrected chi connectivity index (χ1v) is 11.5. The van der Waals surface area contributed by atoms with Gasteiger partial charge in [0.25, 0.3) is 0 Å². The van der Waals surface area contributed by atoms with Gasteiger partial charge in [0.15, 0.2) is 5.78 Å². The Labute approximate surface area is 195 Å². The molecule has 0 aromatic heterocycles. The molecule has 3 rings (SSSR count). The van der Waals surface area contributed by atoms with Crippen LogP contribution in [0.5, 0.6) is 11.5 Å². The molecule has 1 aliphatic heterocycles. The van der Waals surface area contributed by atoms with E-state index in [-0.39, 0.29) is 29.2 Å². The topological polar surface area (TPSA) is 81.4 Å². The SMILES string of the molecule is CC1(C)CC(CC(=O)c2ccc(Oc3cccc(CCC(N)=O)c3)c(Cl)c2)CC(C)(C)N1. The number of primary amides is 1. The van der Waals surface area contributed by atoms with E-state index in [1.165, 1.54) is 0 Å². The van der Waals surface area contributed by atoms with Gasteiger partial charge in [0.1, 0.15) is 11.5 Å². The zero-order chi connectivity index (χ0) is 23.5. The molecule has 1 amide bonds. The number of piperidine rings is 1. The minimum atomic E-state index is -0.337. The number of nitrogens with one attached hydrogen (secondary N) is 1. The molecule has 5 nitrogen and oxygen atoms in total. The first-order chi connectivity index (χ1) is 14.9. The summed E-state index contributed by atoms with van der Waals surface area (Å²) in [5.74, 6) is 1.19. The van der Waals surface area contributed by atoms with E-state index >= 15 is 0 Å². The van der Waals surface area contributed by atoms with Crippen molar-refractivity contribution in [3.8, 4) is 11.5 Å². The van der Waals surface area contributed by atoms with Crippen molar-refractivity contribution in [2.75, 3.05) is 0 Å². The molecule has 0 atom stereocenters. The molecule has 1 aliphatic rings. The Morgan fingerprint density at radius 1 is 1.09 bits per heavy atom. The second-order valence-electron chi connectivity index (χ2n) is 10.2. The van der Waals surface area contributed by atoms with Crippen LogP contribution in [-0.4, -0.2) is 22.8 Å². The molecule has 32 heavy (non-hydrogen) atoms. The third kappa shape index (κ3) is 6.81. The van der Waals surface area contributed by atoms with Gasteiger partial charge in [-0.15, -0.1) is 0 Å². The summed E-state index contributed by atoms with van der Waals surface area (Å²) in [5.41, 5.74) is 6.80. The molecule has 1 heterocycles. The first kappa shape index (κ1) is 24.3. The lowest BCUT2D eigenvalue weighted by molar-refractivity contribution is -0.118. The average molecular weight is 457 g/mol. The number of benzene rings is 2. The van der Waals surface area contributed by atoms with E-state index in [2.05, 4.69) is 33.0 Å². The molecule has 1 fully saturated rings. The third-order valence-electron chi connectivity index (χ3n) is 5.79. The summed E-state index contributed by atoms with van der Waals surface area (Å²) < 4.78 is 5.93. The van der Waals surface area contributed by atoms with E-state index in [1.54, 1.807) is 18.2 Å². The zero-order valence-corrected chi connectivity index (χ0v) is 20.1. The van der Waals surface area contributed by atoms with Gasteiger partial charge in [0, 0.05) is 29.5 Å². The number of hydrogen-bond acceptors (Lipinski definition) is 4. The second kappa shape index (κ2) is 9.63. The van der Waals surface area contributed by atoms with Crippen LogP contribution in [0.4, 0.5) is 0 Å². The molecule has 172 valence electrons. The molecular formula is C26H33ClN2O3. The van der Waals surface area contributed by atoms with Crippen molar-refractivity contribution >= 4 is 23.3 Å². The summed E-state index contributed by atoms with van der Waals surface area (Å²) in [6.07, 6.45) is 3.27. The Morgan fingerprint density at radius 2 is 1.78 bits per heavy atom. The molecule has 0 saturated carbocycles. The van der Waals surface area contributed by atoms with Crippen LogP contribution < -0.4 is 15.8 Å². The molecule has 6 heteroatoms. The Balaban J connectivity index is 1.67. The minimum Gasteiger partial charge on any atom is -0.456 e. The van der Waals surface area contributed by atoms with Crippen molar-refractivity contribution in [2.45, 2.75) is 70.9 Å². The standard InChI is InChI=1S/C26H33ClN2O3/c1-25(2)15-18(16-26(3,4)29-25)13-22(30)19-9-10-23(21(27)14-19)32-20-7-5-6-17(12-20)8-11-24(28)31/h5-7,9-10,12,14,18,29H,8,11,13,15-16H2,1-4H3,(H2,28,31). The number of Topliss-reactive ketones (excluding diaryl/α,β-unsaturated/α-hetero) is 1. The third-order valence-corrected chi connectivity index (χ3v) is 6.08. The lowest BCUT2D eigenvalue weighted by atomic mass is 9.74. The Hall–Kier alpha value is -2.37. The highest BCUT2D eigenvalue weighted by Crippen LogP contribution is 2.36. The molecule has 2 aromatic carbocycles. The molecule has 0 bridgehead atoms. The van der Waals surface area contributed by atoms with Crippen LogP contribution in [0.15, 0.2) is 42.5 Å². The molecule has 0 spiro atoms. The predicted octanol–water partition coefficient (Wildman–Crippen LogP) is 5.68. The van der Waals surface area contributed by atoms with E-state index in [4.69, 9.17) is 22.1 Å². The predicted molar refractivity (Wildman–Crippen MR) is 128 cm³/mol. The maximum atomic E-state index is 13.0. The largest absolute Gasteiger partial charge is 0.456 e. The minimum absolute atomic E-state index is 0.00795. The number of halogens is 1. The van der Waals surface area contributed by atoms with Crippen molar-refractivity contribution < 1.29 is 14.3 Å². The fourth-order valence-electron chi connectivity index (χ4n) is 4.97. The number of aryl methyl sites for hydroxylation is 1. The number of carbonyl (C=O) groups excluding carboxylic acids is 2. The van der Waals surface area contributed by atoms with Crippen molar-refractivity contribution in [3.63, 3.8) is 0 Å². The molecule has 3 N–H and O–H groups in total. The quantitative estimate of drug-likeness (QED) is 0.500. The van der Waals surface area contributed by atoms with Gasteiger partial charge in [0.05, 0.1) is 5.02 Å². The average Bonchev–Trinajstić information content (AvgIpc) is 2.65. The van der Waals surface area contributed by atoms with Crippen LogP contribution in [0.25, 0.3) is 0 Å². The highest BCUT2D eigenvalue weighted by atomic mass is 35.5. The summed E-state index contributed by atoms with van der Waals surface area (Å²) in [4.78, 5) is 24.0. The lowest BCUT2D eigenvalue weighted by Gasteiger charge is -2.46. The Bertz CT molecular complexity index is 984. The van der Waals surface area contributed by atoms with Crippen LogP contribution in [0.3, 0.4) is 0 Å². The van der Waals surface area contributed by atoms with E-state index in [0.29, 0.717) is 40.8 Å². The Kier molecular flexibility index (Phi) is 7.31. The Morgan fingerprint density at radius 3 is 2.41 bits per heavy atom. The van der Waals surface area contributed by atoms with Crippen LogP contribution in [0.2, 0.25) is 5.02 Å². The summed E-state index contributed by atoms with van der Waals surface area (Å²) in [7, 11) is 0. The number of ether oxygens (including phenoxy) is 1. The number of ketones is 1. The molecular weight excluding hydrogens is 424 g/mol. The van der Waals surface area contributed by atoms with E-state index in [9.17, 15) is 9.59 Å². The molecule has 0 aliphatic carbocycles. The van der Waals surface area contributed by atoms with Crippen molar-refractivity contribution in [1.29, 1.82) is 0 Å². The zero-order valence-electron chi connectivity index (χ0n) is 19.3. The fraction of sp³-hybridized carbons (Fsp3) is 0.462. The maximum Gasteiger partial charge on any atom is 0.217 e. The van der Waals surface area contributed by atoms with Gasteiger partial charge in [-0.2, -0.15) is 0 Å². The summed E-state index contributed by atoms with van der Waals surface area (Å²) >= 11 is 6.45. The molecule has 1 saturated heterocycles. The van der Waals surface area contributed by atoms with E-state index in [0.717, 1.165) is 18.4 Å². The normalized spacial score (nSPS) is 17.7. The summed E-state index contributed by atoms with van der Waals surface area (Å²) in [6, 6.07) is 12.7. The van der Waals surface area contributed by atoms with Crippen LogP contribution in [0, 0.1) is 5.92 Å². The summed E-state index contributed by atoms with van der Waals surface area (Å²) in [5, 5.41) is 4.05. The van der Waals surface area contributed by atoms with Gasteiger partial charge in [0.2, 0.25) is 5.91 Å². The van der Waals surface area contributed by atoms with Crippen molar-refractivity contribution in [1.82, 2.24) is 5.32 Å². The highest BCUT2D eigenvalue weighted by molar-refractivity contribution is 6.32. The maximum absolute atomic E-state index is 13.0. The molecule has 0 radical (unpaired) electrons. The van der Waals surface area contributed by atoms with Crippen molar-refractivity contribution in [3.05, 3.63) is 58.6 Å². The monoisotopic (exact) mass is 456 g/mol. The highest BCUT2D eigenvalue weighted by Gasteiger charge is 2.38. The number of rotatable bonds is 8.